The first kappa shape index (κ1) is 11.7. The number of aryl methyl sites for hydroxylation is 1. The third-order valence-electron chi connectivity index (χ3n) is 2.15. The first-order valence-corrected chi connectivity index (χ1v) is 4.96. The summed E-state index contributed by atoms with van der Waals surface area (Å²) < 4.78 is 1.90. The Balaban J connectivity index is 2.49. The smallest absolute Gasteiger partial charge is 0.305 e. The molecule has 0 atom stereocenters. The van der Waals surface area contributed by atoms with Gasteiger partial charge in [0, 0.05) is 31.9 Å². The molecule has 0 radical (unpaired) electrons. The molecule has 0 fully saturated rings. The maximum atomic E-state index is 10.4. The lowest BCUT2D eigenvalue weighted by Crippen LogP contribution is -2.17. The SMILES string of the molecule is CN(C)CCc1nccn1CCC(=O)O. The van der Waals surface area contributed by atoms with E-state index in [1.807, 2.05) is 24.9 Å². The van der Waals surface area contributed by atoms with Crippen LogP contribution in [0.25, 0.3) is 0 Å². The van der Waals surface area contributed by atoms with Crippen LogP contribution in [0, 0.1) is 0 Å². The normalized spacial score (nSPS) is 10.9. The van der Waals surface area contributed by atoms with E-state index in [2.05, 4.69) is 9.88 Å². The molecule has 0 aromatic carbocycles. The van der Waals surface area contributed by atoms with E-state index >= 15 is 0 Å². The van der Waals surface area contributed by atoms with Crippen LogP contribution in [0.3, 0.4) is 0 Å². The number of aliphatic carboxylic acids is 1. The summed E-state index contributed by atoms with van der Waals surface area (Å²) in [5.74, 6) is 0.173. The summed E-state index contributed by atoms with van der Waals surface area (Å²) in [6.45, 7) is 1.42. The second-order valence-corrected chi connectivity index (χ2v) is 3.73. The lowest BCUT2D eigenvalue weighted by atomic mass is 10.3. The number of hydrogen-bond acceptors (Lipinski definition) is 3. The number of carbonyl (C=O) groups is 1. The summed E-state index contributed by atoms with van der Waals surface area (Å²) >= 11 is 0. The van der Waals surface area contributed by atoms with Crippen LogP contribution in [0.15, 0.2) is 12.4 Å². The summed E-state index contributed by atoms with van der Waals surface area (Å²) in [4.78, 5) is 16.7. The summed E-state index contributed by atoms with van der Waals surface area (Å²) in [7, 11) is 4.01. The van der Waals surface area contributed by atoms with E-state index in [0.29, 0.717) is 6.54 Å². The standard InChI is InChI=1S/C10H17N3O2/c1-12(2)6-3-9-11-5-8-13(9)7-4-10(14)15/h5,8H,3-4,6-7H2,1-2H3,(H,14,15). The van der Waals surface area contributed by atoms with Gasteiger partial charge in [-0.1, -0.05) is 0 Å². The van der Waals surface area contributed by atoms with Crippen LogP contribution in [0.5, 0.6) is 0 Å². The summed E-state index contributed by atoms with van der Waals surface area (Å²) in [5, 5.41) is 8.58. The van der Waals surface area contributed by atoms with Crippen LogP contribution in [0.2, 0.25) is 0 Å². The van der Waals surface area contributed by atoms with Crippen molar-refractivity contribution in [3.05, 3.63) is 18.2 Å². The Bertz CT molecular complexity index is 320. The van der Waals surface area contributed by atoms with E-state index in [9.17, 15) is 4.79 Å². The number of aromatic nitrogens is 2. The molecule has 0 bridgehead atoms. The van der Waals surface area contributed by atoms with Crippen LogP contribution >= 0.6 is 0 Å². The topological polar surface area (TPSA) is 58.4 Å². The molecule has 0 aliphatic rings. The maximum Gasteiger partial charge on any atom is 0.305 e. The molecule has 5 heteroatoms. The van der Waals surface area contributed by atoms with Gasteiger partial charge in [0.2, 0.25) is 0 Å². The van der Waals surface area contributed by atoms with Gasteiger partial charge in [-0.25, -0.2) is 4.98 Å². The number of nitrogens with zero attached hydrogens (tertiary/aromatic N) is 3. The number of hydrogen-bond donors (Lipinski definition) is 1. The molecule has 0 aliphatic carbocycles. The monoisotopic (exact) mass is 211 g/mol. The molecule has 1 heterocycles. The van der Waals surface area contributed by atoms with Gasteiger partial charge in [-0.3, -0.25) is 4.79 Å². The fourth-order valence-electron chi connectivity index (χ4n) is 1.31. The van der Waals surface area contributed by atoms with Crippen molar-refractivity contribution in [2.75, 3.05) is 20.6 Å². The Morgan fingerprint density at radius 2 is 2.33 bits per heavy atom. The number of imidazole rings is 1. The van der Waals surface area contributed by atoms with Gasteiger partial charge in [-0.05, 0) is 14.1 Å². The largest absolute Gasteiger partial charge is 0.481 e. The van der Waals surface area contributed by atoms with Crippen molar-refractivity contribution in [1.82, 2.24) is 14.5 Å². The molecule has 0 aliphatic heterocycles. The highest BCUT2D eigenvalue weighted by Crippen LogP contribution is 2.01. The molecule has 1 N–H and O–H groups in total. The van der Waals surface area contributed by atoms with Gasteiger partial charge in [-0.15, -0.1) is 0 Å². The second kappa shape index (κ2) is 5.50. The van der Waals surface area contributed by atoms with Crippen LogP contribution in [0.1, 0.15) is 12.2 Å². The average Bonchev–Trinajstić information content (AvgIpc) is 2.58. The van der Waals surface area contributed by atoms with Gasteiger partial charge in [0.1, 0.15) is 5.82 Å². The fraction of sp³-hybridized carbons (Fsp3) is 0.600. The number of carboxylic acid groups (broad SMARTS) is 1. The minimum atomic E-state index is -0.776. The molecule has 15 heavy (non-hydrogen) atoms. The molecule has 1 aromatic heterocycles. The van der Waals surface area contributed by atoms with Gasteiger partial charge in [0.05, 0.1) is 6.42 Å². The lowest BCUT2D eigenvalue weighted by Gasteiger charge is -2.10. The molecule has 0 saturated carbocycles. The second-order valence-electron chi connectivity index (χ2n) is 3.73. The molecule has 1 aromatic rings. The molecule has 0 saturated heterocycles. The predicted molar refractivity (Wildman–Crippen MR) is 56.7 cm³/mol. The zero-order valence-corrected chi connectivity index (χ0v) is 9.18. The Labute approximate surface area is 89.3 Å². The fourth-order valence-corrected chi connectivity index (χ4v) is 1.31. The Kier molecular flexibility index (Phi) is 4.30. The van der Waals surface area contributed by atoms with Crippen molar-refractivity contribution < 1.29 is 9.90 Å². The summed E-state index contributed by atoms with van der Waals surface area (Å²) in [6.07, 6.45) is 4.53. The van der Waals surface area contributed by atoms with Crippen molar-refractivity contribution >= 4 is 5.97 Å². The van der Waals surface area contributed by atoms with Crippen molar-refractivity contribution in [3.63, 3.8) is 0 Å². The number of rotatable bonds is 6. The first-order chi connectivity index (χ1) is 7.09. The Morgan fingerprint density at radius 1 is 1.60 bits per heavy atom. The highest BCUT2D eigenvalue weighted by atomic mass is 16.4. The van der Waals surface area contributed by atoms with Gasteiger partial charge in [-0.2, -0.15) is 0 Å². The Hall–Kier alpha value is -1.36. The van der Waals surface area contributed by atoms with E-state index in [4.69, 9.17) is 5.11 Å². The minimum Gasteiger partial charge on any atom is -0.481 e. The van der Waals surface area contributed by atoms with Gasteiger partial charge in [0.25, 0.3) is 0 Å². The van der Waals surface area contributed by atoms with Crippen LogP contribution in [-0.4, -0.2) is 46.2 Å². The molecular formula is C10H17N3O2. The van der Waals surface area contributed by atoms with E-state index in [-0.39, 0.29) is 6.42 Å². The zero-order chi connectivity index (χ0) is 11.3. The average molecular weight is 211 g/mol. The van der Waals surface area contributed by atoms with Crippen LogP contribution in [-0.2, 0) is 17.8 Å². The van der Waals surface area contributed by atoms with Crippen molar-refractivity contribution in [1.29, 1.82) is 0 Å². The Morgan fingerprint density at radius 3 is 2.93 bits per heavy atom. The number of carboxylic acids is 1. The lowest BCUT2D eigenvalue weighted by molar-refractivity contribution is -0.137. The van der Waals surface area contributed by atoms with Crippen LogP contribution < -0.4 is 0 Å². The predicted octanol–water partition coefficient (Wildman–Crippen LogP) is 0.462. The highest BCUT2D eigenvalue weighted by molar-refractivity contribution is 5.66. The molecule has 84 valence electrons. The maximum absolute atomic E-state index is 10.4. The molecule has 0 unspecified atom stereocenters. The molecule has 1 rings (SSSR count). The minimum absolute atomic E-state index is 0.144. The zero-order valence-electron chi connectivity index (χ0n) is 9.18. The van der Waals surface area contributed by atoms with Gasteiger partial charge < -0.3 is 14.6 Å². The number of likely N-dealkylation sites (N-methyl/N-ethyl adjacent to an activating group) is 1. The van der Waals surface area contributed by atoms with Crippen molar-refractivity contribution in [2.45, 2.75) is 19.4 Å². The van der Waals surface area contributed by atoms with E-state index in [0.717, 1.165) is 18.8 Å². The van der Waals surface area contributed by atoms with Gasteiger partial charge >= 0.3 is 5.97 Å². The van der Waals surface area contributed by atoms with E-state index in [1.165, 1.54) is 0 Å². The summed E-state index contributed by atoms with van der Waals surface area (Å²) in [6, 6.07) is 0. The molecule has 0 spiro atoms. The van der Waals surface area contributed by atoms with Crippen molar-refractivity contribution in [2.24, 2.45) is 0 Å². The quantitative estimate of drug-likeness (QED) is 0.742. The van der Waals surface area contributed by atoms with Crippen LogP contribution in [0.4, 0.5) is 0 Å². The highest BCUT2D eigenvalue weighted by Gasteiger charge is 2.04. The van der Waals surface area contributed by atoms with Crippen molar-refractivity contribution in [3.8, 4) is 0 Å². The van der Waals surface area contributed by atoms with E-state index in [1.54, 1.807) is 6.20 Å². The third-order valence-corrected chi connectivity index (χ3v) is 2.15. The molecular weight excluding hydrogens is 194 g/mol. The first-order valence-electron chi connectivity index (χ1n) is 4.96. The summed E-state index contributed by atoms with van der Waals surface area (Å²) in [5.41, 5.74) is 0. The van der Waals surface area contributed by atoms with Gasteiger partial charge in [0.15, 0.2) is 0 Å². The molecule has 0 amide bonds. The molecule has 5 nitrogen and oxygen atoms in total. The van der Waals surface area contributed by atoms with E-state index < -0.39 is 5.97 Å². The third kappa shape index (κ3) is 4.12.